The summed E-state index contributed by atoms with van der Waals surface area (Å²) in [5, 5.41) is 0.787. The summed E-state index contributed by atoms with van der Waals surface area (Å²) in [6.45, 7) is 1.43. The third kappa shape index (κ3) is 3.46. The molecule has 21 heavy (non-hydrogen) atoms. The minimum atomic E-state index is -0.698. The molecule has 0 saturated carbocycles. The number of benzene rings is 2. The largest absolute Gasteiger partial charge is 0.457 e. The van der Waals surface area contributed by atoms with Gasteiger partial charge in [0.2, 0.25) is 0 Å². The molecule has 0 saturated heterocycles. The minimum Gasteiger partial charge on any atom is -0.457 e. The number of nitrogen functional groups attached to an aromatic ring is 1. The van der Waals surface area contributed by atoms with Gasteiger partial charge in [-0.1, -0.05) is 29.3 Å². The van der Waals surface area contributed by atoms with Crippen molar-refractivity contribution in [2.75, 3.05) is 5.73 Å². The zero-order valence-electron chi connectivity index (χ0n) is 11.1. The third-order valence-corrected chi connectivity index (χ3v) is 3.74. The lowest BCUT2D eigenvalue weighted by molar-refractivity contribution is 0.0472. The Labute approximate surface area is 131 Å². The van der Waals surface area contributed by atoms with Crippen molar-refractivity contribution in [1.82, 2.24) is 0 Å². The number of carbonyl (C=O) groups excluding carboxylic acids is 1. The average Bonchev–Trinajstić information content (AvgIpc) is 2.43. The predicted octanol–water partition coefficient (Wildman–Crippen LogP) is 4.38. The fourth-order valence-electron chi connectivity index (χ4n) is 1.71. The fraction of sp³-hybridized carbons (Fsp3) is 0.133. The number of hydrogen-bond acceptors (Lipinski definition) is 3. The van der Waals surface area contributed by atoms with E-state index in [4.69, 9.17) is 33.7 Å². The van der Waals surface area contributed by atoms with Crippen LogP contribution in [0.15, 0.2) is 30.3 Å². The Morgan fingerprint density at radius 1 is 1.29 bits per heavy atom. The maximum atomic E-state index is 13.6. The highest BCUT2D eigenvalue weighted by molar-refractivity contribution is 6.35. The smallest absolute Gasteiger partial charge is 0.338 e. The van der Waals surface area contributed by atoms with Crippen molar-refractivity contribution in [3.8, 4) is 0 Å². The highest BCUT2D eigenvalue weighted by atomic mass is 35.5. The molecular weight excluding hydrogens is 316 g/mol. The molecule has 2 aromatic rings. The van der Waals surface area contributed by atoms with E-state index in [2.05, 4.69) is 0 Å². The van der Waals surface area contributed by atoms with Gasteiger partial charge in [-0.05, 0) is 31.2 Å². The quantitative estimate of drug-likeness (QED) is 0.672. The van der Waals surface area contributed by atoms with Crippen molar-refractivity contribution in [2.45, 2.75) is 13.5 Å². The van der Waals surface area contributed by atoms with Crippen molar-refractivity contribution >= 4 is 34.9 Å². The Morgan fingerprint density at radius 2 is 1.90 bits per heavy atom. The molecule has 3 nitrogen and oxygen atoms in total. The number of ether oxygens (including phenoxy) is 1. The van der Waals surface area contributed by atoms with Gasteiger partial charge < -0.3 is 10.5 Å². The summed E-state index contributed by atoms with van der Waals surface area (Å²) in [7, 11) is 0. The van der Waals surface area contributed by atoms with Crippen LogP contribution in [-0.2, 0) is 11.3 Å². The first kappa shape index (κ1) is 15.6. The van der Waals surface area contributed by atoms with Crippen LogP contribution in [0.2, 0.25) is 10.0 Å². The second-order valence-electron chi connectivity index (χ2n) is 4.45. The number of rotatable bonds is 3. The Kier molecular flexibility index (Phi) is 4.70. The number of hydrogen-bond donors (Lipinski definition) is 1. The van der Waals surface area contributed by atoms with Crippen LogP contribution in [-0.4, -0.2) is 5.97 Å². The van der Waals surface area contributed by atoms with Crippen molar-refractivity contribution in [1.29, 1.82) is 0 Å². The van der Waals surface area contributed by atoms with Crippen molar-refractivity contribution < 1.29 is 13.9 Å². The normalized spacial score (nSPS) is 10.5. The number of esters is 1. The maximum Gasteiger partial charge on any atom is 0.338 e. The van der Waals surface area contributed by atoms with Gasteiger partial charge in [0.15, 0.2) is 0 Å². The molecule has 0 aliphatic rings. The molecule has 0 aliphatic carbocycles. The van der Waals surface area contributed by atoms with E-state index in [0.717, 1.165) is 6.07 Å². The second-order valence-corrected chi connectivity index (χ2v) is 5.26. The van der Waals surface area contributed by atoms with Gasteiger partial charge in [0.25, 0.3) is 0 Å². The molecular formula is C15H12Cl2FNO2. The molecule has 0 spiro atoms. The van der Waals surface area contributed by atoms with Crippen molar-refractivity contribution in [3.05, 3.63) is 62.9 Å². The van der Waals surface area contributed by atoms with Crippen LogP contribution < -0.4 is 5.73 Å². The lowest BCUT2D eigenvalue weighted by Gasteiger charge is -2.09. The lowest BCUT2D eigenvalue weighted by Crippen LogP contribution is -2.08. The molecule has 0 bridgehead atoms. The van der Waals surface area contributed by atoms with Crippen molar-refractivity contribution in [2.24, 2.45) is 0 Å². The van der Waals surface area contributed by atoms with E-state index in [1.165, 1.54) is 13.0 Å². The van der Waals surface area contributed by atoms with E-state index in [9.17, 15) is 9.18 Å². The zero-order chi connectivity index (χ0) is 15.6. The molecule has 0 radical (unpaired) electrons. The Morgan fingerprint density at radius 3 is 2.48 bits per heavy atom. The molecule has 0 heterocycles. The lowest BCUT2D eigenvalue weighted by atomic mass is 10.1. The van der Waals surface area contributed by atoms with E-state index < -0.39 is 11.8 Å². The molecule has 0 fully saturated rings. The molecule has 0 aromatic heterocycles. The first-order valence-corrected chi connectivity index (χ1v) is 6.81. The van der Waals surface area contributed by atoms with Crippen LogP contribution in [0.4, 0.5) is 10.1 Å². The Bertz CT molecular complexity index is 661. The zero-order valence-corrected chi connectivity index (χ0v) is 12.6. The van der Waals surface area contributed by atoms with Gasteiger partial charge in [-0.3, -0.25) is 0 Å². The average molecular weight is 328 g/mol. The predicted molar refractivity (Wildman–Crippen MR) is 81.1 cm³/mol. The van der Waals surface area contributed by atoms with Crippen molar-refractivity contribution in [3.63, 3.8) is 0 Å². The number of nitrogens with two attached hydrogens (primary N) is 1. The number of halogens is 3. The van der Waals surface area contributed by atoms with Crippen LogP contribution >= 0.6 is 23.2 Å². The molecule has 2 aromatic carbocycles. The molecule has 0 atom stereocenters. The number of anilines is 1. The molecule has 0 amide bonds. The van der Waals surface area contributed by atoms with Gasteiger partial charge in [0.05, 0.1) is 5.56 Å². The van der Waals surface area contributed by atoms with Gasteiger partial charge in [-0.25, -0.2) is 9.18 Å². The summed E-state index contributed by atoms with van der Waals surface area (Å²) >= 11 is 11.9. The highest BCUT2D eigenvalue weighted by Crippen LogP contribution is 2.25. The van der Waals surface area contributed by atoms with Gasteiger partial charge in [0, 0.05) is 26.9 Å². The summed E-state index contributed by atoms with van der Waals surface area (Å²) in [4.78, 5) is 11.9. The van der Waals surface area contributed by atoms with E-state index in [0.29, 0.717) is 21.2 Å². The van der Waals surface area contributed by atoms with Crippen LogP contribution in [0.1, 0.15) is 21.5 Å². The van der Waals surface area contributed by atoms with Crippen LogP contribution in [0.3, 0.4) is 0 Å². The summed E-state index contributed by atoms with van der Waals surface area (Å²) < 4.78 is 18.7. The summed E-state index contributed by atoms with van der Waals surface area (Å²) in [6.07, 6.45) is 0. The Balaban J connectivity index is 2.16. The van der Waals surface area contributed by atoms with E-state index >= 15 is 0 Å². The van der Waals surface area contributed by atoms with Gasteiger partial charge in [-0.2, -0.15) is 0 Å². The van der Waals surface area contributed by atoms with Gasteiger partial charge >= 0.3 is 5.97 Å². The van der Waals surface area contributed by atoms with Crippen LogP contribution in [0, 0.1) is 12.7 Å². The molecule has 0 unspecified atom stereocenters. The SMILES string of the molecule is Cc1c(N)cc(C(=O)OCc2c(Cl)cccc2Cl)cc1F. The topological polar surface area (TPSA) is 52.3 Å². The highest BCUT2D eigenvalue weighted by Gasteiger charge is 2.14. The van der Waals surface area contributed by atoms with Crippen LogP contribution in [0.5, 0.6) is 0 Å². The first-order valence-electron chi connectivity index (χ1n) is 6.05. The summed E-state index contributed by atoms with van der Waals surface area (Å²) in [6, 6.07) is 7.42. The van der Waals surface area contributed by atoms with E-state index in [1.54, 1.807) is 18.2 Å². The molecule has 6 heteroatoms. The minimum absolute atomic E-state index is 0.0405. The summed E-state index contributed by atoms with van der Waals surface area (Å²) in [5.74, 6) is -1.26. The second kappa shape index (κ2) is 6.33. The molecule has 110 valence electrons. The summed E-state index contributed by atoms with van der Waals surface area (Å²) in [5.41, 5.74) is 6.65. The fourth-order valence-corrected chi connectivity index (χ4v) is 2.22. The molecule has 2 rings (SSSR count). The maximum absolute atomic E-state index is 13.6. The number of carbonyl (C=O) groups is 1. The van der Waals surface area contributed by atoms with E-state index in [1.807, 2.05) is 0 Å². The molecule has 0 aliphatic heterocycles. The van der Waals surface area contributed by atoms with Gasteiger partial charge in [0.1, 0.15) is 12.4 Å². The van der Waals surface area contributed by atoms with E-state index in [-0.39, 0.29) is 17.9 Å². The van der Waals surface area contributed by atoms with Gasteiger partial charge in [-0.15, -0.1) is 0 Å². The first-order chi connectivity index (χ1) is 9.90. The Hall–Kier alpha value is -1.78. The van der Waals surface area contributed by atoms with Crippen LogP contribution in [0.25, 0.3) is 0 Å². The standard InChI is InChI=1S/C15H12Cl2FNO2/c1-8-13(18)5-9(6-14(8)19)15(20)21-7-10-11(16)3-2-4-12(10)17/h2-6H,7,19H2,1H3. The monoisotopic (exact) mass is 327 g/mol. The third-order valence-electron chi connectivity index (χ3n) is 3.03. The molecule has 2 N–H and O–H groups in total.